The molecule has 2 atom stereocenters. The molecule has 1 saturated heterocycles. The molecule has 1 aliphatic heterocycles. The second-order valence-corrected chi connectivity index (χ2v) is 6.09. The van der Waals surface area contributed by atoms with Gasteiger partial charge in [0.2, 0.25) is 0 Å². The molecule has 1 heterocycles. The summed E-state index contributed by atoms with van der Waals surface area (Å²) < 4.78 is 0. The molecular formula is C14H30N2. The minimum atomic E-state index is 0.712. The Hall–Kier alpha value is -0.0800. The van der Waals surface area contributed by atoms with E-state index in [1.807, 2.05) is 0 Å². The number of nitrogens with zero attached hydrogens (tertiary/aromatic N) is 1. The lowest BCUT2D eigenvalue weighted by atomic mass is 9.85. The van der Waals surface area contributed by atoms with Gasteiger partial charge in [0.05, 0.1) is 0 Å². The lowest BCUT2D eigenvalue weighted by molar-refractivity contribution is 0.119. The maximum atomic E-state index is 3.73. The van der Waals surface area contributed by atoms with Crippen molar-refractivity contribution in [1.82, 2.24) is 10.2 Å². The highest BCUT2D eigenvalue weighted by Crippen LogP contribution is 2.23. The van der Waals surface area contributed by atoms with E-state index in [-0.39, 0.29) is 0 Å². The summed E-state index contributed by atoms with van der Waals surface area (Å²) >= 11 is 0. The van der Waals surface area contributed by atoms with E-state index in [1.165, 1.54) is 26.1 Å². The van der Waals surface area contributed by atoms with Crippen molar-refractivity contribution in [3.63, 3.8) is 0 Å². The Morgan fingerprint density at radius 1 is 1.19 bits per heavy atom. The van der Waals surface area contributed by atoms with Gasteiger partial charge in [0.25, 0.3) is 0 Å². The molecule has 0 amide bonds. The fraction of sp³-hybridized carbons (Fsp3) is 1.00. The molecule has 1 fully saturated rings. The predicted octanol–water partition coefficient (Wildman–Crippen LogP) is 2.60. The van der Waals surface area contributed by atoms with E-state index < -0.39 is 0 Å². The first kappa shape index (κ1) is 14.0. The van der Waals surface area contributed by atoms with Crippen molar-refractivity contribution in [2.24, 2.45) is 17.8 Å². The van der Waals surface area contributed by atoms with Crippen molar-refractivity contribution in [1.29, 1.82) is 0 Å². The molecule has 1 N–H and O–H groups in total. The fourth-order valence-electron chi connectivity index (χ4n) is 2.52. The molecule has 0 saturated carbocycles. The number of hydrogen-bond donors (Lipinski definition) is 1. The molecule has 0 spiro atoms. The lowest BCUT2D eigenvalue weighted by Gasteiger charge is -2.39. The number of likely N-dealkylation sites (tertiary alicyclic amines) is 1. The lowest BCUT2D eigenvalue weighted by Crippen LogP contribution is -2.50. The van der Waals surface area contributed by atoms with Gasteiger partial charge in [-0.2, -0.15) is 0 Å². The third-order valence-electron chi connectivity index (χ3n) is 3.76. The van der Waals surface area contributed by atoms with E-state index in [4.69, 9.17) is 0 Å². The molecule has 0 radical (unpaired) electrons. The summed E-state index contributed by atoms with van der Waals surface area (Å²) in [5.41, 5.74) is 0. The highest BCUT2D eigenvalue weighted by Gasteiger charge is 2.27. The van der Waals surface area contributed by atoms with Gasteiger partial charge in [-0.15, -0.1) is 0 Å². The molecule has 0 aliphatic carbocycles. The SMILES string of the molecule is CCN1CC(NCC(C)C)CC(C(C)C)C1. The van der Waals surface area contributed by atoms with Crippen LogP contribution >= 0.6 is 0 Å². The van der Waals surface area contributed by atoms with Crippen LogP contribution in [0.5, 0.6) is 0 Å². The van der Waals surface area contributed by atoms with Gasteiger partial charge in [-0.3, -0.25) is 0 Å². The van der Waals surface area contributed by atoms with Crippen LogP contribution in [-0.2, 0) is 0 Å². The summed E-state index contributed by atoms with van der Waals surface area (Å²) in [7, 11) is 0. The number of rotatable bonds is 5. The first-order valence-corrected chi connectivity index (χ1v) is 6.98. The zero-order chi connectivity index (χ0) is 12.1. The van der Waals surface area contributed by atoms with Gasteiger partial charge in [0.1, 0.15) is 0 Å². The van der Waals surface area contributed by atoms with Crippen LogP contribution in [0.2, 0.25) is 0 Å². The number of hydrogen-bond acceptors (Lipinski definition) is 2. The number of likely N-dealkylation sites (N-methyl/N-ethyl adjacent to an activating group) is 1. The molecule has 0 aromatic heterocycles. The molecule has 0 aromatic rings. The summed E-state index contributed by atoms with van der Waals surface area (Å²) in [5.74, 6) is 2.45. The topological polar surface area (TPSA) is 15.3 Å². The number of nitrogens with one attached hydrogen (secondary N) is 1. The van der Waals surface area contributed by atoms with Gasteiger partial charge >= 0.3 is 0 Å². The summed E-state index contributed by atoms with van der Waals surface area (Å²) in [6.07, 6.45) is 1.36. The Morgan fingerprint density at radius 2 is 1.88 bits per heavy atom. The van der Waals surface area contributed by atoms with Crippen molar-refractivity contribution in [2.45, 2.75) is 47.1 Å². The van der Waals surface area contributed by atoms with Gasteiger partial charge < -0.3 is 10.2 Å². The second kappa shape index (κ2) is 6.61. The molecule has 0 aromatic carbocycles. The third kappa shape index (κ3) is 4.42. The molecule has 2 heteroatoms. The van der Waals surface area contributed by atoms with Crippen LogP contribution < -0.4 is 5.32 Å². The first-order chi connectivity index (χ1) is 7.52. The molecule has 1 aliphatic rings. The normalized spacial score (nSPS) is 27.9. The average molecular weight is 226 g/mol. The van der Waals surface area contributed by atoms with E-state index in [2.05, 4.69) is 44.8 Å². The van der Waals surface area contributed by atoms with Crippen molar-refractivity contribution in [2.75, 3.05) is 26.2 Å². The minimum absolute atomic E-state index is 0.712. The minimum Gasteiger partial charge on any atom is -0.312 e. The zero-order valence-corrected chi connectivity index (χ0v) is 11.8. The first-order valence-electron chi connectivity index (χ1n) is 6.98. The summed E-state index contributed by atoms with van der Waals surface area (Å²) in [5, 5.41) is 3.73. The van der Waals surface area contributed by atoms with E-state index in [0.717, 1.165) is 24.3 Å². The smallest absolute Gasteiger partial charge is 0.0198 e. The van der Waals surface area contributed by atoms with Gasteiger partial charge in [0, 0.05) is 19.1 Å². The predicted molar refractivity (Wildman–Crippen MR) is 71.7 cm³/mol. The molecule has 96 valence electrons. The second-order valence-electron chi connectivity index (χ2n) is 6.09. The molecular weight excluding hydrogens is 196 g/mol. The van der Waals surface area contributed by atoms with Crippen molar-refractivity contribution >= 4 is 0 Å². The molecule has 16 heavy (non-hydrogen) atoms. The third-order valence-corrected chi connectivity index (χ3v) is 3.76. The Kier molecular flexibility index (Phi) is 5.77. The highest BCUT2D eigenvalue weighted by atomic mass is 15.2. The zero-order valence-electron chi connectivity index (χ0n) is 11.8. The van der Waals surface area contributed by atoms with Crippen LogP contribution in [0.25, 0.3) is 0 Å². The van der Waals surface area contributed by atoms with Crippen molar-refractivity contribution < 1.29 is 0 Å². The highest BCUT2D eigenvalue weighted by molar-refractivity contribution is 4.84. The molecule has 1 rings (SSSR count). The van der Waals surface area contributed by atoms with Crippen LogP contribution in [0.1, 0.15) is 41.0 Å². The van der Waals surface area contributed by atoms with E-state index >= 15 is 0 Å². The standard InChI is InChI=1S/C14H30N2/c1-6-16-9-13(12(4)5)7-14(10-16)15-8-11(2)3/h11-15H,6-10H2,1-5H3. The number of piperidine rings is 1. The quantitative estimate of drug-likeness (QED) is 0.775. The summed E-state index contributed by atoms with van der Waals surface area (Å²) in [4.78, 5) is 2.60. The summed E-state index contributed by atoms with van der Waals surface area (Å²) in [6.45, 7) is 16.5. The van der Waals surface area contributed by atoms with Crippen molar-refractivity contribution in [3.05, 3.63) is 0 Å². The Bertz CT molecular complexity index is 189. The Balaban J connectivity index is 2.44. The largest absolute Gasteiger partial charge is 0.312 e. The fourth-order valence-corrected chi connectivity index (χ4v) is 2.52. The van der Waals surface area contributed by atoms with E-state index in [9.17, 15) is 0 Å². The van der Waals surface area contributed by atoms with Crippen molar-refractivity contribution in [3.8, 4) is 0 Å². The maximum Gasteiger partial charge on any atom is 0.0198 e. The summed E-state index contributed by atoms with van der Waals surface area (Å²) in [6, 6.07) is 0.712. The van der Waals surface area contributed by atoms with Gasteiger partial charge in [-0.1, -0.05) is 34.6 Å². The van der Waals surface area contributed by atoms with Crippen LogP contribution in [0.15, 0.2) is 0 Å². The Labute approximate surface area is 102 Å². The van der Waals surface area contributed by atoms with E-state index in [1.54, 1.807) is 0 Å². The van der Waals surface area contributed by atoms with Gasteiger partial charge in [0.15, 0.2) is 0 Å². The molecule has 2 nitrogen and oxygen atoms in total. The van der Waals surface area contributed by atoms with Gasteiger partial charge in [-0.25, -0.2) is 0 Å². The van der Waals surface area contributed by atoms with E-state index in [0.29, 0.717) is 6.04 Å². The monoisotopic (exact) mass is 226 g/mol. The molecule has 2 unspecified atom stereocenters. The van der Waals surface area contributed by atoms with Crippen LogP contribution in [0.4, 0.5) is 0 Å². The van der Waals surface area contributed by atoms with Gasteiger partial charge in [-0.05, 0) is 37.3 Å². The van der Waals surface area contributed by atoms with Crippen LogP contribution in [0, 0.1) is 17.8 Å². The average Bonchev–Trinajstić information content (AvgIpc) is 2.25. The van der Waals surface area contributed by atoms with Crippen LogP contribution in [0.3, 0.4) is 0 Å². The molecule has 0 bridgehead atoms. The maximum absolute atomic E-state index is 3.73. The van der Waals surface area contributed by atoms with Crippen LogP contribution in [-0.4, -0.2) is 37.1 Å². The Morgan fingerprint density at radius 3 is 2.38 bits per heavy atom.